The molecule has 264 valence electrons. The lowest BCUT2D eigenvalue weighted by Crippen LogP contribution is -2.45. The zero-order chi connectivity index (χ0) is 35.2. The minimum atomic E-state index is -0.437. The molecule has 11 nitrogen and oxygen atoms in total. The van der Waals surface area contributed by atoms with Crippen LogP contribution in [0.3, 0.4) is 0 Å². The van der Waals surface area contributed by atoms with Gasteiger partial charge >= 0.3 is 6.09 Å². The summed E-state index contributed by atoms with van der Waals surface area (Å²) in [6.07, 6.45) is 2.41. The summed E-state index contributed by atoms with van der Waals surface area (Å²) in [5.41, 5.74) is 6.91. The van der Waals surface area contributed by atoms with E-state index in [1.54, 1.807) is 6.07 Å². The molecule has 1 fully saturated rings. The fourth-order valence-electron chi connectivity index (χ4n) is 7.05. The number of ether oxygens (including phenoxy) is 2. The zero-order valence-electron chi connectivity index (χ0n) is 28.5. The van der Waals surface area contributed by atoms with Gasteiger partial charge in [0.05, 0.1) is 5.69 Å². The molecular formula is C40H43N5O6. The number of benzene rings is 4. The number of rotatable bonds is 11. The maximum absolute atomic E-state index is 13.4. The number of piperidine rings is 1. The quantitative estimate of drug-likeness (QED) is 0.121. The summed E-state index contributed by atoms with van der Waals surface area (Å²) in [5.74, 6) is 0.306. The second kappa shape index (κ2) is 15.7. The van der Waals surface area contributed by atoms with Crippen LogP contribution in [0.5, 0.6) is 11.5 Å². The van der Waals surface area contributed by atoms with Crippen molar-refractivity contribution in [3.63, 3.8) is 0 Å². The fraction of sp³-hybridized carbons (Fsp3) is 0.325. The average molecular weight is 690 g/mol. The Morgan fingerprint density at radius 3 is 2.57 bits per heavy atom. The van der Waals surface area contributed by atoms with Gasteiger partial charge < -0.3 is 35.0 Å². The summed E-state index contributed by atoms with van der Waals surface area (Å²) in [4.78, 5) is 42.1. The van der Waals surface area contributed by atoms with Crippen molar-refractivity contribution in [2.45, 2.75) is 38.3 Å². The van der Waals surface area contributed by atoms with Crippen LogP contribution in [0.4, 0.5) is 16.2 Å². The molecule has 3 aliphatic rings. The molecule has 4 aromatic rings. The van der Waals surface area contributed by atoms with E-state index < -0.39 is 6.09 Å². The molecule has 0 bridgehead atoms. The Balaban J connectivity index is 0.831. The first-order valence-electron chi connectivity index (χ1n) is 17.6. The molecule has 51 heavy (non-hydrogen) atoms. The maximum Gasteiger partial charge on any atom is 0.411 e. The predicted octanol–water partition coefficient (Wildman–Crippen LogP) is 5.43. The normalized spacial score (nSPS) is 16.1. The lowest BCUT2D eigenvalue weighted by Gasteiger charge is -2.34. The minimum Gasteiger partial charge on any atom is -0.506 e. The first-order chi connectivity index (χ1) is 24.9. The highest BCUT2D eigenvalue weighted by Gasteiger charge is 2.27. The molecule has 4 aromatic carbocycles. The Morgan fingerprint density at radius 1 is 0.922 bits per heavy atom. The third kappa shape index (κ3) is 8.16. The van der Waals surface area contributed by atoms with Crippen LogP contribution in [0.2, 0.25) is 0 Å². The van der Waals surface area contributed by atoms with Crippen LogP contribution in [0.15, 0.2) is 84.9 Å². The number of nitrogens with zero attached hydrogens (tertiary/aromatic N) is 2. The lowest BCUT2D eigenvalue weighted by atomic mass is 9.96. The smallest absolute Gasteiger partial charge is 0.411 e. The number of phenols is 1. The number of para-hydroxylation sites is 1. The summed E-state index contributed by atoms with van der Waals surface area (Å²) < 4.78 is 11.4. The molecule has 3 amide bonds. The number of aromatic hydroxyl groups is 1. The Bertz CT molecular complexity index is 1890. The van der Waals surface area contributed by atoms with Gasteiger partial charge in [0.15, 0.2) is 12.4 Å². The van der Waals surface area contributed by atoms with E-state index in [2.05, 4.69) is 26.9 Å². The molecule has 0 aliphatic carbocycles. The van der Waals surface area contributed by atoms with Crippen molar-refractivity contribution in [3.8, 4) is 22.6 Å². The zero-order valence-corrected chi connectivity index (χ0v) is 28.5. The van der Waals surface area contributed by atoms with Gasteiger partial charge in [-0.05, 0) is 72.7 Å². The first kappa shape index (κ1) is 34.1. The molecule has 0 unspecified atom stereocenters. The molecule has 3 heterocycles. The van der Waals surface area contributed by atoms with Crippen molar-refractivity contribution in [3.05, 3.63) is 107 Å². The highest BCUT2D eigenvalue weighted by molar-refractivity contribution is 5.98. The van der Waals surface area contributed by atoms with E-state index in [1.807, 2.05) is 77.7 Å². The third-order valence-electron chi connectivity index (χ3n) is 9.81. The van der Waals surface area contributed by atoms with Crippen LogP contribution in [-0.4, -0.2) is 84.8 Å². The van der Waals surface area contributed by atoms with Crippen LogP contribution in [0, 0.1) is 0 Å². The van der Waals surface area contributed by atoms with Gasteiger partial charge in [0.2, 0.25) is 0 Å². The number of phenolic OH excluding ortho intramolecular Hbond substituents is 1. The average Bonchev–Trinajstić information content (AvgIpc) is 3.15. The van der Waals surface area contributed by atoms with E-state index in [0.717, 1.165) is 78.0 Å². The number of amides is 3. The Labute approximate surface area is 297 Å². The number of carbonyl (C=O) groups excluding carboxylic acids is 3. The standard InChI is InChI=1S/C40H43N5O6/c46-35-13-11-29(38-37(35)43-36(47)26-50-38)14-18-41-25-27-10-12-33-30(24-27)15-21-45(39(33)48)23-22-44-19-16-31(17-20-44)51-40(49)42-34-9-5-4-8-32(34)28-6-2-1-3-7-28/h1-13,24,31,41,46H,14-23,25-26H2,(H,42,49)(H,43,47). The number of hydrogen-bond acceptors (Lipinski definition) is 8. The monoisotopic (exact) mass is 689 g/mol. The summed E-state index contributed by atoms with van der Waals surface area (Å²) >= 11 is 0. The summed E-state index contributed by atoms with van der Waals surface area (Å²) in [6.45, 7) is 5.04. The largest absolute Gasteiger partial charge is 0.506 e. The highest BCUT2D eigenvalue weighted by Crippen LogP contribution is 2.39. The summed E-state index contributed by atoms with van der Waals surface area (Å²) in [5, 5.41) is 19.2. The predicted molar refractivity (Wildman–Crippen MR) is 195 cm³/mol. The van der Waals surface area contributed by atoms with Gasteiger partial charge in [0, 0.05) is 50.4 Å². The van der Waals surface area contributed by atoms with Gasteiger partial charge in [0.25, 0.3) is 11.8 Å². The number of fused-ring (bicyclic) bond motifs is 2. The summed E-state index contributed by atoms with van der Waals surface area (Å²) in [7, 11) is 0. The molecule has 4 N–H and O–H groups in total. The molecule has 7 rings (SSSR count). The number of likely N-dealkylation sites (tertiary alicyclic amines) is 1. The molecule has 0 spiro atoms. The maximum atomic E-state index is 13.4. The van der Waals surface area contributed by atoms with Gasteiger partial charge in [0.1, 0.15) is 17.5 Å². The van der Waals surface area contributed by atoms with Crippen molar-refractivity contribution in [1.82, 2.24) is 15.1 Å². The van der Waals surface area contributed by atoms with Crippen LogP contribution < -0.4 is 20.7 Å². The molecule has 0 radical (unpaired) electrons. The molecular weight excluding hydrogens is 646 g/mol. The van der Waals surface area contributed by atoms with E-state index in [-0.39, 0.29) is 30.3 Å². The molecule has 0 atom stereocenters. The SMILES string of the molecule is O=C1COc2c(CCNCc3ccc4c(c3)CCN(CCN3CCC(OC(=O)Nc5ccccc5-c5ccccc5)CC3)C4=O)ccc(O)c2N1. The molecule has 3 aliphatic heterocycles. The van der Waals surface area contributed by atoms with Crippen LogP contribution >= 0.6 is 0 Å². The second-order valence-corrected chi connectivity index (χ2v) is 13.2. The van der Waals surface area contributed by atoms with Crippen molar-refractivity contribution < 1.29 is 29.0 Å². The summed E-state index contributed by atoms with van der Waals surface area (Å²) in [6, 6.07) is 27.2. The van der Waals surface area contributed by atoms with Crippen molar-refractivity contribution in [2.75, 3.05) is 56.5 Å². The Morgan fingerprint density at radius 2 is 1.73 bits per heavy atom. The van der Waals surface area contributed by atoms with Gasteiger partial charge in [-0.25, -0.2) is 4.79 Å². The first-order valence-corrected chi connectivity index (χ1v) is 17.6. The van der Waals surface area contributed by atoms with Crippen LogP contribution in [0.1, 0.15) is 39.9 Å². The van der Waals surface area contributed by atoms with Gasteiger partial charge in [-0.1, -0.05) is 66.7 Å². The van der Waals surface area contributed by atoms with E-state index in [9.17, 15) is 19.5 Å². The van der Waals surface area contributed by atoms with Crippen molar-refractivity contribution >= 4 is 29.3 Å². The number of anilines is 2. The topological polar surface area (TPSA) is 132 Å². The molecule has 11 heteroatoms. The Hall–Kier alpha value is -5.39. The van der Waals surface area contributed by atoms with Gasteiger partial charge in [-0.15, -0.1) is 0 Å². The lowest BCUT2D eigenvalue weighted by molar-refractivity contribution is -0.118. The third-order valence-corrected chi connectivity index (χ3v) is 9.81. The fourth-order valence-corrected chi connectivity index (χ4v) is 7.05. The van der Waals surface area contributed by atoms with Crippen LogP contribution in [-0.2, 0) is 28.9 Å². The van der Waals surface area contributed by atoms with E-state index in [4.69, 9.17) is 9.47 Å². The highest BCUT2D eigenvalue weighted by atomic mass is 16.6. The molecule has 1 saturated heterocycles. The van der Waals surface area contributed by atoms with Gasteiger partial charge in [-0.3, -0.25) is 14.9 Å². The van der Waals surface area contributed by atoms with E-state index >= 15 is 0 Å². The van der Waals surface area contributed by atoms with E-state index in [0.29, 0.717) is 44.0 Å². The molecule has 0 aromatic heterocycles. The van der Waals surface area contributed by atoms with E-state index in [1.165, 1.54) is 0 Å². The van der Waals surface area contributed by atoms with Crippen molar-refractivity contribution in [1.29, 1.82) is 0 Å². The second-order valence-electron chi connectivity index (χ2n) is 13.2. The number of carbonyl (C=O) groups is 3. The van der Waals surface area contributed by atoms with Crippen LogP contribution in [0.25, 0.3) is 11.1 Å². The van der Waals surface area contributed by atoms with Crippen molar-refractivity contribution in [2.24, 2.45) is 0 Å². The number of nitrogens with one attached hydrogen (secondary N) is 3. The van der Waals surface area contributed by atoms with Gasteiger partial charge in [-0.2, -0.15) is 0 Å². The Kier molecular flexibility index (Phi) is 10.5. The molecule has 0 saturated carbocycles. The minimum absolute atomic E-state index is 0.00710. The number of hydrogen-bond donors (Lipinski definition) is 4.